The Kier molecular flexibility index (Phi) is 6.54. The summed E-state index contributed by atoms with van der Waals surface area (Å²) in [4.78, 5) is 26.4. The molecule has 0 saturated carbocycles. The zero-order chi connectivity index (χ0) is 29.2. The molecule has 4 aliphatic rings. The van der Waals surface area contributed by atoms with Crippen LogP contribution in [-0.4, -0.2) is 78.7 Å². The number of rotatable bonds is 3. The summed E-state index contributed by atoms with van der Waals surface area (Å²) in [6, 6.07) is 8.14. The number of aryl methyl sites for hydroxylation is 1. The Morgan fingerprint density at radius 1 is 1.17 bits per heavy atom. The molecule has 42 heavy (non-hydrogen) atoms. The van der Waals surface area contributed by atoms with Gasteiger partial charge in [0.15, 0.2) is 5.82 Å². The third-order valence-electron chi connectivity index (χ3n) is 8.93. The van der Waals surface area contributed by atoms with E-state index < -0.39 is 17.6 Å². The molecule has 4 fully saturated rings. The van der Waals surface area contributed by atoms with Gasteiger partial charge < -0.3 is 23.9 Å². The van der Waals surface area contributed by atoms with Crippen LogP contribution in [0.15, 0.2) is 39.5 Å². The van der Waals surface area contributed by atoms with Crippen molar-refractivity contribution in [3.05, 3.63) is 52.1 Å². The highest BCUT2D eigenvalue weighted by molar-refractivity contribution is 6.00. The lowest BCUT2D eigenvalue weighted by molar-refractivity contribution is -0.127. The zero-order valence-corrected chi connectivity index (χ0v) is 23.5. The van der Waals surface area contributed by atoms with Gasteiger partial charge in [-0.15, -0.1) is 0 Å². The lowest BCUT2D eigenvalue weighted by Crippen LogP contribution is -2.66. The molecule has 2 atom stereocenters. The summed E-state index contributed by atoms with van der Waals surface area (Å²) < 4.78 is 43.8. The largest absolute Gasteiger partial charge is 0.508 e. The van der Waals surface area contributed by atoms with E-state index in [0.717, 1.165) is 13.0 Å². The first-order valence-electron chi connectivity index (χ1n) is 14.3. The van der Waals surface area contributed by atoms with Gasteiger partial charge in [-0.1, -0.05) is 12.1 Å². The van der Waals surface area contributed by atoms with Crippen molar-refractivity contribution in [3.8, 4) is 23.1 Å². The summed E-state index contributed by atoms with van der Waals surface area (Å²) in [5.41, 5.74) is 0.623. The summed E-state index contributed by atoms with van der Waals surface area (Å²) in [6.07, 6.45) is 2.81. The van der Waals surface area contributed by atoms with Crippen LogP contribution < -0.4 is 15.3 Å². The molecular weight excluding hydrogens is 546 g/mol. The van der Waals surface area contributed by atoms with E-state index in [0.29, 0.717) is 61.2 Å². The predicted octanol–water partition coefficient (Wildman–Crippen LogP) is 4.59. The third-order valence-corrected chi connectivity index (χ3v) is 8.93. The molecule has 2 aromatic carbocycles. The van der Waals surface area contributed by atoms with Gasteiger partial charge >= 0.3 is 11.6 Å². The van der Waals surface area contributed by atoms with E-state index in [1.54, 1.807) is 19.1 Å². The second-order valence-corrected chi connectivity index (χ2v) is 11.9. The Morgan fingerprint density at radius 2 is 1.98 bits per heavy atom. The van der Waals surface area contributed by atoms with Crippen LogP contribution in [0.3, 0.4) is 0 Å². The van der Waals surface area contributed by atoms with Gasteiger partial charge in [0.25, 0.3) is 0 Å². The fourth-order valence-electron chi connectivity index (χ4n) is 6.85. The van der Waals surface area contributed by atoms with Crippen LogP contribution >= 0.6 is 0 Å². The number of ether oxygens (including phenoxy) is 2. The van der Waals surface area contributed by atoms with Gasteiger partial charge in [-0.2, -0.15) is 9.97 Å². The van der Waals surface area contributed by atoms with Gasteiger partial charge in [0.1, 0.15) is 28.9 Å². The predicted molar refractivity (Wildman–Crippen MR) is 154 cm³/mol. The summed E-state index contributed by atoms with van der Waals surface area (Å²) in [7, 11) is 1.46. The van der Waals surface area contributed by atoms with Crippen molar-refractivity contribution in [2.45, 2.75) is 38.4 Å². The molecule has 1 spiro atoms. The van der Waals surface area contributed by atoms with E-state index >= 15 is 0 Å². The van der Waals surface area contributed by atoms with Crippen LogP contribution in [0.25, 0.3) is 33.0 Å². The van der Waals surface area contributed by atoms with Crippen LogP contribution in [0.1, 0.15) is 24.8 Å². The number of phenolic OH excluding ortho intramolecular Hbond substituents is 1. The molecular formula is C31H32F2N4O5. The van der Waals surface area contributed by atoms with Crippen LogP contribution in [0, 0.1) is 18.2 Å². The molecule has 2 unspecified atom stereocenters. The van der Waals surface area contributed by atoms with Crippen molar-refractivity contribution >= 4 is 27.5 Å². The third kappa shape index (κ3) is 4.46. The fraction of sp³-hybridized carbons (Fsp3) is 0.452. The van der Waals surface area contributed by atoms with E-state index in [1.165, 1.54) is 38.2 Å². The maximum atomic E-state index is 14.8. The first-order chi connectivity index (χ1) is 20.2. The van der Waals surface area contributed by atoms with E-state index in [2.05, 4.69) is 14.9 Å². The van der Waals surface area contributed by atoms with Gasteiger partial charge in [0.2, 0.25) is 0 Å². The molecule has 0 radical (unpaired) electrons. The van der Waals surface area contributed by atoms with E-state index in [4.69, 9.17) is 13.9 Å². The summed E-state index contributed by atoms with van der Waals surface area (Å²) in [6.45, 7) is 6.41. The highest BCUT2D eigenvalue weighted by atomic mass is 19.1. The van der Waals surface area contributed by atoms with Crippen LogP contribution in [-0.2, 0) is 4.74 Å². The zero-order valence-electron chi connectivity index (χ0n) is 23.5. The molecule has 0 aliphatic carbocycles. The Bertz CT molecular complexity index is 1740. The summed E-state index contributed by atoms with van der Waals surface area (Å²) in [5, 5.41) is 11.2. The number of halogens is 2. The molecule has 220 valence electrons. The van der Waals surface area contributed by atoms with Crippen molar-refractivity contribution in [1.29, 1.82) is 0 Å². The van der Waals surface area contributed by atoms with Gasteiger partial charge in [0.05, 0.1) is 31.3 Å². The maximum Gasteiger partial charge on any atom is 0.349 e. The molecule has 4 aliphatic heterocycles. The van der Waals surface area contributed by atoms with Crippen molar-refractivity contribution in [2.75, 3.05) is 51.4 Å². The number of aromatic nitrogens is 2. The van der Waals surface area contributed by atoms with E-state index in [-0.39, 0.29) is 39.3 Å². The Labute approximate surface area is 240 Å². The average Bonchev–Trinajstić information content (AvgIpc) is 3.49. The average molecular weight is 579 g/mol. The highest BCUT2D eigenvalue weighted by Gasteiger charge is 2.50. The lowest BCUT2D eigenvalue weighted by atomic mass is 9.78. The normalized spacial score (nSPS) is 22.5. The molecule has 11 heteroatoms. The van der Waals surface area contributed by atoms with Crippen LogP contribution in [0.5, 0.6) is 11.8 Å². The SMILES string of the molecule is COc1nc(N2CC3(COC3)C2)c2c(=O)oc(-c3cc(O)cc4cccc(F)c34)c(C)c2n1.FC1CC2CCCN2C1. The smallest absolute Gasteiger partial charge is 0.349 e. The van der Waals surface area contributed by atoms with Gasteiger partial charge in [-0.3, -0.25) is 4.90 Å². The second-order valence-electron chi connectivity index (χ2n) is 11.9. The van der Waals surface area contributed by atoms with Gasteiger partial charge in [-0.25, -0.2) is 13.6 Å². The summed E-state index contributed by atoms with van der Waals surface area (Å²) >= 11 is 0. The number of phenols is 1. The number of anilines is 1. The molecule has 1 N–H and O–H groups in total. The number of fused-ring (bicyclic) bond motifs is 3. The Balaban J connectivity index is 0.000000272. The number of nitrogens with zero attached hydrogens (tertiary/aromatic N) is 4. The minimum Gasteiger partial charge on any atom is -0.508 e. The molecule has 2 aromatic heterocycles. The standard InChI is InChI=1S/C24H20FN3O5.C7H12FN/c1-12-19-18(21(27-23(26-19)31-2)28-8-24(9-28)10-32-11-24)22(30)33-20(12)15-7-14(29)6-13-4-3-5-16(25)17(13)15;8-6-4-7-2-1-3-9(7)5-6/h3-7,29H,8-11H2,1-2H3;6-7H,1-5H2. The fourth-order valence-corrected chi connectivity index (χ4v) is 6.85. The van der Waals surface area contributed by atoms with E-state index in [1.807, 2.05) is 4.90 Å². The summed E-state index contributed by atoms with van der Waals surface area (Å²) in [5.74, 6) is 0.0291. The number of alkyl halides is 1. The van der Waals surface area contributed by atoms with Gasteiger partial charge in [-0.05, 0) is 56.3 Å². The molecule has 4 saturated heterocycles. The van der Waals surface area contributed by atoms with Crippen molar-refractivity contribution in [3.63, 3.8) is 0 Å². The van der Waals surface area contributed by atoms with Crippen molar-refractivity contribution < 1.29 is 27.8 Å². The highest BCUT2D eigenvalue weighted by Crippen LogP contribution is 2.43. The van der Waals surface area contributed by atoms with Crippen molar-refractivity contribution in [1.82, 2.24) is 14.9 Å². The molecule has 6 heterocycles. The van der Waals surface area contributed by atoms with Crippen molar-refractivity contribution in [2.24, 2.45) is 5.41 Å². The number of methoxy groups -OCH3 is 1. The minimum absolute atomic E-state index is 0.0696. The number of aromatic hydroxyl groups is 1. The molecule has 4 aromatic rings. The second kappa shape index (κ2) is 10.2. The monoisotopic (exact) mass is 578 g/mol. The first kappa shape index (κ1) is 27.0. The first-order valence-corrected chi connectivity index (χ1v) is 14.3. The molecule has 9 nitrogen and oxygen atoms in total. The Morgan fingerprint density at radius 3 is 2.69 bits per heavy atom. The number of hydrogen-bond donors (Lipinski definition) is 1. The topological polar surface area (TPSA) is 101 Å². The van der Waals surface area contributed by atoms with Crippen LogP contribution in [0.4, 0.5) is 14.6 Å². The Hall–Kier alpha value is -3.83. The van der Waals surface area contributed by atoms with Crippen LogP contribution in [0.2, 0.25) is 0 Å². The molecule has 8 rings (SSSR count). The maximum absolute atomic E-state index is 14.8. The quantitative estimate of drug-likeness (QED) is 0.374. The van der Waals surface area contributed by atoms with Gasteiger partial charge in [0, 0.05) is 42.2 Å². The minimum atomic E-state index is -0.637. The number of hydrogen-bond acceptors (Lipinski definition) is 9. The lowest BCUT2D eigenvalue weighted by Gasteiger charge is -2.55. The molecule has 0 bridgehead atoms. The number of benzene rings is 2. The van der Waals surface area contributed by atoms with E-state index in [9.17, 15) is 18.7 Å². The molecule has 0 amide bonds.